The molecule has 16 rings (SSSR count). The topological polar surface area (TPSA) is 30.7 Å². The average Bonchev–Trinajstić information content (AvgIpc) is 4.03. The molecule has 0 N–H and O–H groups in total. The Labute approximate surface area is 398 Å². The highest BCUT2D eigenvalue weighted by Gasteiger charge is 2.59. The van der Waals surface area contributed by atoms with Crippen LogP contribution in [-0.2, 0) is 10.8 Å². The van der Waals surface area contributed by atoms with Gasteiger partial charge in [0.05, 0.1) is 33.1 Å². The zero-order valence-corrected chi connectivity index (χ0v) is 37.4. The normalized spacial score (nSPS) is 14.3. The van der Waals surface area contributed by atoms with Gasteiger partial charge in [-0.1, -0.05) is 212 Å². The second-order valence-corrected chi connectivity index (χ2v) is 19.1. The molecule has 0 atom stereocenters. The number of hydrogen-bond acceptors (Lipinski definition) is 2. The van der Waals surface area contributed by atoms with Gasteiger partial charge in [-0.05, 0) is 113 Å². The minimum Gasteiger partial charge on any atom is -0.278 e. The molecule has 3 nitrogen and oxygen atoms in total. The van der Waals surface area contributed by atoms with Gasteiger partial charge in [0.15, 0.2) is 0 Å². The van der Waals surface area contributed by atoms with Crippen LogP contribution in [0.3, 0.4) is 0 Å². The third-order valence-corrected chi connectivity index (χ3v) is 16.1. The van der Waals surface area contributed by atoms with Gasteiger partial charge in [-0.2, -0.15) is 0 Å². The minimum atomic E-state index is -0.618. The van der Waals surface area contributed by atoms with Gasteiger partial charge in [0.2, 0.25) is 5.95 Å². The molecule has 0 saturated heterocycles. The van der Waals surface area contributed by atoms with Gasteiger partial charge in [-0.25, -0.2) is 9.97 Å². The van der Waals surface area contributed by atoms with Crippen LogP contribution in [0.25, 0.3) is 93.7 Å². The lowest BCUT2D eigenvalue weighted by molar-refractivity contribution is 0.633. The molecule has 0 saturated carbocycles. The Kier molecular flexibility index (Phi) is 7.21. The van der Waals surface area contributed by atoms with Gasteiger partial charge in [-0.15, -0.1) is 0 Å². The fourth-order valence-electron chi connectivity index (χ4n) is 13.5. The van der Waals surface area contributed by atoms with E-state index in [9.17, 15) is 0 Å². The van der Waals surface area contributed by atoms with Crippen molar-refractivity contribution in [2.75, 3.05) is 0 Å². The predicted molar refractivity (Wildman–Crippen MR) is 282 cm³/mol. The summed E-state index contributed by atoms with van der Waals surface area (Å²) in [5.41, 5.74) is 19.7. The molecule has 2 heterocycles. The number of benzene rings is 11. The van der Waals surface area contributed by atoms with E-state index >= 15 is 0 Å². The molecule has 0 bridgehead atoms. The van der Waals surface area contributed by atoms with Gasteiger partial charge in [0, 0.05) is 21.7 Å². The first kappa shape index (κ1) is 37.2. The fourth-order valence-corrected chi connectivity index (χ4v) is 13.5. The van der Waals surface area contributed by atoms with Gasteiger partial charge in [-0.3, -0.25) is 4.57 Å². The Balaban J connectivity index is 1.05. The lowest BCUT2D eigenvalue weighted by Crippen LogP contribution is -2.43. The summed E-state index contributed by atoms with van der Waals surface area (Å²) >= 11 is 0. The Hall–Kier alpha value is -8.92. The van der Waals surface area contributed by atoms with Crippen LogP contribution in [0.2, 0.25) is 0 Å². The molecule has 69 heavy (non-hydrogen) atoms. The first-order valence-corrected chi connectivity index (χ1v) is 24.0. The molecule has 3 aliphatic rings. The molecule has 11 aromatic carbocycles. The molecule has 0 radical (unpaired) electrons. The summed E-state index contributed by atoms with van der Waals surface area (Å²) in [6.07, 6.45) is 0. The van der Waals surface area contributed by atoms with Crippen molar-refractivity contribution in [3.8, 4) is 39.5 Å². The standard InChI is InChI=1S/C66H39N3/c1-2-19-42-39-43(34-33-40(42)17-1)63-48-24-8-16-32-57(48)67-64(68-63)69-58-37-35-41-18-3-4-20-44(41)61(58)62-59(69)38-36-56-60(62)47-23-7-11-27-51(47)66(56)54-30-14-12-28-52(54)65(53-29-13-15-31-55(53)66)49-25-9-5-21-45(49)46-22-6-10-26-50(46)65/h1-39H. The van der Waals surface area contributed by atoms with Crippen molar-refractivity contribution in [3.05, 3.63) is 281 Å². The van der Waals surface area contributed by atoms with Crippen molar-refractivity contribution in [2.24, 2.45) is 0 Å². The smallest absolute Gasteiger partial charge is 0.235 e. The maximum atomic E-state index is 5.61. The number of aromatic nitrogens is 3. The van der Waals surface area contributed by atoms with Crippen molar-refractivity contribution in [2.45, 2.75) is 10.8 Å². The monoisotopic (exact) mass is 873 g/mol. The highest BCUT2D eigenvalue weighted by molar-refractivity contribution is 6.26. The van der Waals surface area contributed by atoms with E-state index in [2.05, 4.69) is 241 Å². The number of fused-ring (bicyclic) bond motifs is 24. The van der Waals surface area contributed by atoms with Gasteiger partial charge >= 0.3 is 0 Å². The van der Waals surface area contributed by atoms with Crippen LogP contribution in [0.15, 0.2) is 237 Å². The van der Waals surface area contributed by atoms with E-state index in [1.165, 1.54) is 99.1 Å². The molecule has 3 heteroatoms. The molecule has 13 aromatic rings. The van der Waals surface area contributed by atoms with Crippen LogP contribution in [0, 0.1) is 0 Å². The van der Waals surface area contributed by atoms with Crippen LogP contribution in [0.5, 0.6) is 0 Å². The largest absolute Gasteiger partial charge is 0.278 e. The molecular weight excluding hydrogens is 835 g/mol. The summed E-state index contributed by atoms with van der Waals surface area (Å²) in [6, 6.07) is 88.1. The Morgan fingerprint density at radius 3 is 1.48 bits per heavy atom. The van der Waals surface area contributed by atoms with Crippen molar-refractivity contribution >= 4 is 54.3 Å². The molecule has 2 aromatic heterocycles. The summed E-state index contributed by atoms with van der Waals surface area (Å²) in [5, 5.41) is 8.26. The highest BCUT2D eigenvalue weighted by atomic mass is 15.2. The van der Waals surface area contributed by atoms with Crippen LogP contribution in [0.1, 0.15) is 44.5 Å². The van der Waals surface area contributed by atoms with Crippen LogP contribution in [0.4, 0.5) is 0 Å². The lowest BCUT2D eigenvalue weighted by atomic mass is 9.52. The Morgan fingerprint density at radius 1 is 0.319 bits per heavy atom. The van der Waals surface area contributed by atoms with Crippen LogP contribution in [-0.4, -0.2) is 14.5 Å². The van der Waals surface area contributed by atoms with Crippen molar-refractivity contribution in [1.29, 1.82) is 0 Å². The predicted octanol–water partition coefficient (Wildman–Crippen LogP) is 15.7. The maximum Gasteiger partial charge on any atom is 0.235 e. The molecule has 0 unspecified atom stereocenters. The summed E-state index contributed by atoms with van der Waals surface area (Å²) < 4.78 is 2.34. The first-order valence-electron chi connectivity index (χ1n) is 24.0. The zero-order valence-electron chi connectivity index (χ0n) is 37.4. The fraction of sp³-hybridized carbons (Fsp3) is 0.0303. The molecule has 2 spiro atoms. The maximum absolute atomic E-state index is 5.61. The second kappa shape index (κ2) is 13.4. The second-order valence-electron chi connectivity index (χ2n) is 19.1. The molecule has 3 aliphatic carbocycles. The summed E-state index contributed by atoms with van der Waals surface area (Å²) in [7, 11) is 0. The van der Waals surface area contributed by atoms with Gasteiger partial charge in [0.25, 0.3) is 0 Å². The first-order chi connectivity index (χ1) is 34.2. The average molecular weight is 874 g/mol. The van der Waals surface area contributed by atoms with E-state index in [0.717, 1.165) is 33.2 Å². The van der Waals surface area contributed by atoms with Gasteiger partial charge in [0.1, 0.15) is 0 Å². The highest BCUT2D eigenvalue weighted by Crippen LogP contribution is 2.68. The number of hydrogen-bond donors (Lipinski definition) is 0. The van der Waals surface area contributed by atoms with E-state index in [1.807, 2.05) is 0 Å². The molecule has 318 valence electrons. The third kappa shape index (κ3) is 4.53. The summed E-state index contributed by atoms with van der Waals surface area (Å²) in [4.78, 5) is 11.1. The van der Waals surface area contributed by atoms with E-state index in [1.54, 1.807) is 0 Å². The van der Waals surface area contributed by atoms with Crippen molar-refractivity contribution in [3.63, 3.8) is 0 Å². The van der Waals surface area contributed by atoms with E-state index < -0.39 is 10.8 Å². The third-order valence-electron chi connectivity index (χ3n) is 16.1. The van der Waals surface area contributed by atoms with Crippen molar-refractivity contribution < 1.29 is 0 Å². The molecular formula is C66H39N3. The number of rotatable bonds is 2. The number of nitrogens with zero attached hydrogens (tertiary/aromatic N) is 3. The molecule has 0 amide bonds. The molecule has 0 fully saturated rings. The van der Waals surface area contributed by atoms with Crippen molar-refractivity contribution in [1.82, 2.24) is 14.5 Å². The summed E-state index contributed by atoms with van der Waals surface area (Å²) in [6.45, 7) is 0. The van der Waals surface area contributed by atoms with Crippen LogP contribution >= 0.6 is 0 Å². The van der Waals surface area contributed by atoms with E-state index in [0.29, 0.717) is 5.95 Å². The zero-order chi connectivity index (χ0) is 45.0. The van der Waals surface area contributed by atoms with E-state index in [4.69, 9.17) is 9.97 Å². The Bertz CT molecular complexity index is 4310. The lowest BCUT2D eigenvalue weighted by Gasteiger charge is -2.48. The van der Waals surface area contributed by atoms with E-state index in [-0.39, 0.29) is 0 Å². The Morgan fingerprint density at radius 2 is 0.797 bits per heavy atom. The SMILES string of the molecule is c1ccc2c(c1)-c1ccccc1C21c2ccccc2C2(c3ccccc3-c3c2ccc2c3c3c4ccccc4ccc3n2-c2nc(-c3ccc4ccccc4c3)c3ccccc3n2)c2ccccc21. The number of para-hydroxylation sites is 1. The minimum absolute atomic E-state index is 0.504. The molecule has 0 aliphatic heterocycles. The summed E-state index contributed by atoms with van der Waals surface area (Å²) in [5.74, 6) is 0.655. The van der Waals surface area contributed by atoms with Crippen LogP contribution < -0.4 is 0 Å². The van der Waals surface area contributed by atoms with Gasteiger partial charge < -0.3 is 0 Å². The quantitative estimate of drug-likeness (QED) is 0.173.